The van der Waals surface area contributed by atoms with Crippen LogP contribution in [0.3, 0.4) is 0 Å². The second kappa shape index (κ2) is 5.66. The van der Waals surface area contributed by atoms with Crippen molar-refractivity contribution in [2.24, 2.45) is 11.7 Å². The fourth-order valence-electron chi connectivity index (χ4n) is 2.86. The van der Waals surface area contributed by atoms with Crippen molar-refractivity contribution in [3.63, 3.8) is 0 Å². The number of rotatable bonds is 4. The normalized spacial score (nSPS) is 20.1. The molecular formula is C15H20FN3S. The summed E-state index contributed by atoms with van der Waals surface area (Å²) in [6.45, 7) is 5.10. The first-order valence-electron chi connectivity index (χ1n) is 7.21. The molecule has 1 aromatic carbocycles. The van der Waals surface area contributed by atoms with Gasteiger partial charge in [-0.2, -0.15) is 0 Å². The largest absolute Gasteiger partial charge is 0.389 e. The summed E-state index contributed by atoms with van der Waals surface area (Å²) in [4.78, 5) is 4.84. The molecule has 1 heterocycles. The van der Waals surface area contributed by atoms with Crippen LogP contribution in [0.15, 0.2) is 18.2 Å². The third-order valence-electron chi connectivity index (χ3n) is 4.16. The van der Waals surface area contributed by atoms with E-state index in [1.54, 1.807) is 6.07 Å². The molecular weight excluding hydrogens is 273 g/mol. The van der Waals surface area contributed by atoms with Crippen LogP contribution in [0.2, 0.25) is 0 Å². The maximum Gasteiger partial charge on any atom is 0.135 e. The molecule has 3 rings (SSSR count). The first-order valence-corrected chi connectivity index (χ1v) is 7.61. The maximum absolute atomic E-state index is 13.9. The molecule has 0 atom stereocenters. The van der Waals surface area contributed by atoms with E-state index in [-0.39, 0.29) is 10.8 Å². The van der Waals surface area contributed by atoms with Crippen molar-refractivity contribution in [1.29, 1.82) is 0 Å². The van der Waals surface area contributed by atoms with Crippen LogP contribution < -0.4 is 10.6 Å². The van der Waals surface area contributed by atoms with E-state index in [1.165, 1.54) is 25.5 Å². The van der Waals surface area contributed by atoms with E-state index in [2.05, 4.69) is 9.80 Å². The molecule has 5 heteroatoms. The number of piperazine rings is 1. The Hall–Kier alpha value is -1.20. The highest BCUT2D eigenvalue weighted by atomic mass is 32.1. The number of nitrogens with two attached hydrogens (primary N) is 1. The molecule has 3 nitrogen and oxygen atoms in total. The second-order valence-electron chi connectivity index (χ2n) is 5.73. The Morgan fingerprint density at radius 3 is 2.55 bits per heavy atom. The highest BCUT2D eigenvalue weighted by Crippen LogP contribution is 2.30. The lowest BCUT2D eigenvalue weighted by atomic mass is 10.1. The second-order valence-corrected chi connectivity index (χ2v) is 6.17. The Kier molecular flexibility index (Phi) is 3.89. The highest BCUT2D eigenvalue weighted by Gasteiger charge is 2.27. The van der Waals surface area contributed by atoms with Gasteiger partial charge in [-0.25, -0.2) is 4.39 Å². The summed E-state index contributed by atoms with van der Waals surface area (Å²) in [5, 5.41) is 0. The van der Waals surface area contributed by atoms with Crippen molar-refractivity contribution in [1.82, 2.24) is 4.90 Å². The van der Waals surface area contributed by atoms with Crippen LogP contribution in [0.25, 0.3) is 0 Å². The first-order chi connectivity index (χ1) is 9.65. The number of halogens is 1. The van der Waals surface area contributed by atoms with Gasteiger partial charge in [0, 0.05) is 38.4 Å². The molecule has 1 saturated carbocycles. The van der Waals surface area contributed by atoms with Gasteiger partial charge in [-0.05, 0) is 30.9 Å². The Bertz CT molecular complexity index is 508. The molecule has 1 aromatic rings. The van der Waals surface area contributed by atoms with Crippen LogP contribution in [0, 0.1) is 11.7 Å². The predicted molar refractivity (Wildman–Crippen MR) is 83.7 cm³/mol. The SMILES string of the molecule is NC(=S)c1c(F)cccc1N1CCN(CC2CC2)CC1. The Balaban J connectivity index is 1.71. The average Bonchev–Trinajstić information content (AvgIpc) is 3.23. The lowest BCUT2D eigenvalue weighted by Crippen LogP contribution is -2.47. The summed E-state index contributed by atoms with van der Waals surface area (Å²) in [7, 11) is 0. The zero-order chi connectivity index (χ0) is 14.1. The van der Waals surface area contributed by atoms with Gasteiger partial charge < -0.3 is 10.6 Å². The summed E-state index contributed by atoms with van der Waals surface area (Å²) in [5.41, 5.74) is 6.90. The zero-order valence-electron chi connectivity index (χ0n) is 11.5. The molecule has 0 bridgehead atoms. The van der Waals surface area contributed by atoms with E-state index in [1.807, 2.05) is 6.07 Å². The number of thiocarbonyl (C=S) groups is 1. The van der Waals surface area contributed by atoms with Gasteiger partial charge in [0.15, 0.2) is 0 Å². The standard InChI is InChI=1S/C15H20FN3S/c16-12-2-1-3-13(14(12)15(17)20)19-8-6-18(7-9-19)10-11-4-5-11/h1-3,11H,4-10H2,(H2,17,20). The molecule has 2 fully saturated rings. The number of hydrogen-bond donors (Lipinski definition) is 1. The van der Waals surface area contributed by atoms with Crippen molar-refractivity contribution in [3.05, 3.63) is 29.6 Å². The maximum atomic E-state index is 13.9. The van der Waals surface area contributed by atoms with E-state index in [9.17, 15) is 4.39 Å². The minimum Gasteiger partial charge on any atom is -0.389 e. The molecule has 108 valence electrons. The summed E-state index contributed by atoms with van der Waals surface area (Å²) in [6, 6.07) is 5.05. The monoisotopic (exact) mass is 293 g/mol. The molecule has 0 radical (unpaired) electrons. The topological polar surface area (TPSA) is 32.5 Å². The minimum absolute atomic E-state index is 0.138. The zero-order valence-corrected chi connectivity index (χ0v) is 12.3. The van der Waals surface area contributed by atoms with Crippen LogP contribution >= 0.6 is 12.2 Å². The van der Waals surface area contributed by atoms with E-state index in [4.69, 9.17) is 18.0 Å². The van der Waals surface area contributed by atoms with E-state index in [0.29, 0.717) is 5.56 Å². The van der Waals surface area contributed by atoms with Gasteiger partial charge in [0.25, 0.3) is 0 Å². The lowest BCUT2D eigenvalue weighted by molar-refractivity contribution is 0.248. The van der Waals surface area contributed by atoms with Crippen molar-refractivity contribution in [2.45, 2.75) is 12.8 Å². The number of hydrogen-bond acceptors (Lipinski definition) is 3. The quantitative estimate of drug-likeness (QED) is 0.861. The fraction of sp³-hybridized carbons (Fsp3) is 0.533. The van der Waals surface area contributed by atoms with Crippen molar-refractivity contribution < 1.29 is 4.39 Å². The molecule has 1 aliphatic heterocycles. The molecule has 0 spiro atoms. The summed E-state index contributed by atoms with van der Waals surface area (Å²) in [6.07, 6.45) is 2.77. The van der Waals surface area contributed by atoms with Crippen LogP contribution in [0.1, 0.15) is 18.4 Å². The fourth-order valence-corrected chi connectivity index (χ4v) is 3.06. The molecule has 0 aromatic heterocycles. The molecule has 2 aliphatic rings. The van der Waals surface area contributed by atoms with Gasteiger partial charge in [-0.15, -0.1) is 0 Å². The molecule has 1 saturated heterocycles. The third-order valence-corrected chi connectivity index (χ3v) is 4.37. The number of nitrogens with zero attached hydrogens (tertiary/aromatic N) is 2. The molecule has 0 unspecified atom stereocenters. The average molecular weight is 293 g/mol. The van der Waals surface area contributed by atoms with Crippen LogP contribution in [0.5, 0.6) is 0 Å². The van der Waals surface area contributed by atoms with E-state index < -0.39 is 0 Å². The first kappa shape index (κ1) is 13.8. The molecule has 2 N–H and O–H groups in total. The number of anilines is 1. The third kappa shape index (κ3) is 2.94. The highest BCUT2D eigenvalue weighted by molar-refractivity contribution is 7.80. The van der Waals surface area contributed by atoms with Gasteiger partial charge in [-0.3, -0.25) is 4.90 Å². The predicted octanol–water partition coefficient (Wildman–Crippen LogP) is 1.99. The summed E-state index contributed by atoms with van der Waals surface area (Å²) >= 11 is 5.00. The van der Waals surface area contributed by atoms with Crippen molar-refractivity contribution >= 4 is 22.9 Å². The summed E-state index contributed by atoms with van der Waals surface area (Å²) < 4.78 is 13.9. The van der Waals surface area contributed by atoms with Gasteiger partial charge in [-0.1, -0.05) is 18.3 Å². The van der Waals surface area contributed by atoms with Crippen LogP contribution in [0.4, 0.5) is 10.1 Å². The van der Waals surface area contributed by atoms with Crippen LogP contribution in [-0.2, 0) is 0 Å². The summed E-state index contributed by atoms with van der Waals surface area (Å²) in [5.74, 6) is 0.596. The smallest absolute Gasteiger partial charge is 0.135 e. The van der Waals surface area contributed by atoms with Crippen molar-refractivity contribution in [2.75, 3.05) is 37.6 Å². The van der Waals surface area contributed by atoms with Gasteiger partial charge in [0.1, 0.15) is 10.8 Å². The van der Waals surface area contributed by atoms with Crippen molar-refractivity contribution in [3.8, 4) is 0 Å². The number of benzene rings is 1. The van der Waals surface area contributed by atoms with E-state index >= 15 is 0 Å². The molecule has 1 aliphatic carbocycles. The minimum atomic E-state index is -0.324. The van der Waals surface area contributed by atoms with Gasteiger partial charge in [0.2, 0.25) is 0 Å². The Morgan fingerprint density at radius 2 is 1.95 bits per heavy atom. The Morgan fingerprint density at radius 1 is 1.25 bits per heavy atom. The molecule has 20 heavy (non-hydrogen) atoms. The lowest BCUT2D eigenvalue weighted by Gasteiger charge is -2.37. The molecule has 0 amide bonds. The van der Waals surface area contributed by atoms with Gasteiger partial charge >= 0.3 is 0 Å². The Labute approximate surface area is 124 Å². The van der Waals surface area contributed by atoms with Gasteiger partial charge in [0.05, 0.1) is 5.56 Å². The van der Waals surface area contributed by atoms with E-state index in [0.717, 1.165) is 37.8 Å². The van der Waals surface area contributed by atoms with Crippen LogP contribution in [-0.4, -0.2) is 42.6 Å².